The highest BCUT2D eigenvalue weighted by Gasteiger charge is 2.11. The zero-order valence-electron chi connectivity index (χ0n) is 10.5. The lowest BCUT2D eigenvalue weighted by molar-refractivity contribution is 0.241. The van der Waals surface area contributed by atoms with E-state index in [-0.39, 0.29) is 0 Å². The number of hydrogen-bond donors (Lipinski definition) is 1. The highest BCUT2D eigenvalue weighted by Crippen LogP contribution is 2.21. The summed E-state index contributed by atoms with van der Waals surface area (Å²) < 4.78 is 5.56. The number of nitrogens with one attached hydrogen (secondary N) is 1. The molecular weight excluding hydrogens is 222 g/mol. The fraction of sp³-hybridized carbons (Fsp3) is 0.818. The van der Waals surface area contributed by atoms with Crippen LogP contribution in [0.4, 0.5) is 0 Å². The Morgan fingerprint density at radius 3 is 2.69 bits per heavy atom. The van der Waals surface area contributed by atoms with Gasteiger partial charge in [0.25, 0.3) is 5.19 Å². The van der Waals surface area contributed by atoms with E-state index in [4.69, 9.17) is 4.74 Å². The van der Waals surface area contributed by atoms with Crippen molar-refractivity contribution in [2.75, 3.05) is 13.2 Å². The van der Waals surface area contributed by atoms with Crippen LogP contribution in [0.25, 0.3) is 0 Å². The van der Waals surface area contributed by atoms with Crippen LogP contribution in [-0.2, 0) is 6.54 Å². The Bertz CT molecular complexity index is 306. The second-order valence-corrected chi connectivity index (χ2v) is 5.93. The van der Waals surface area contributed by atoms with Gasteiger partial charge in [-0.15, -0.1) is 10.2 Å². The largest absolute Gasteiger partial charge is 0.469 e. The fourth-order valence-corrected chi connectivity index (χ4v) is 1.73. The van der Waals surface area contributed by atoms with E-state index in [1.54, 1.807) is 0 Å². The summed E-state index contributed by atoms with van der Waals surface area (Å²) in [6.07, 6.45) is 1.02. The monoisotopic (exact) mass is 243 g/mol. The smallest absolute Gasteiger partial charge is 0.294 e. The minimum atomic E-state index is 0.303. The molecule has 0 atom stereocenters. The van der Waals surface area contributed by atoms with Crippen LogP contribution in [-0.4, -0.2) is 23.3 Å². The standard InChI is InChI=1S/C11H21N3OS/c1-5-12-8-9-13-14-10(16-9)15-7-6-11(2,3)4/h12H,5-8H2,1-4H3. The van der Waals surface area contributed by atoms with Gasteiger partial charge in [-0.3, -0.25) is 0 Å². The molecule has 0 radical (unpaired) electrons. The number of rotatable bonds is 6. The zero-order chi connectivity index (χ0) is 12.0. The Labute approximate surface area is 101 Å². The summed E-state index contributed by atoms with van der Waals surface area (Å²) in [5.74, 6) is 0. The van der Waals surface area contributed by atoms with Gasteiger partial charge in [0.05, 0.1) is 6.61 Å². The molecule has 1 aromatic rings. The van der Waals surface area contributed by atoms with E-state index in [2.05, 4.69) is 43.2 Å². The van der Waals surface area contributed by atoms with Gasteiger partial charge in [-0.1, -0.05) is 39.0 Å². The number of hydrogen-bond acceptors (Lipinski definition) is 5. The first-order valence-electron chi connectivity index (χ1n) is 5.67. The summed E-state index contributed by atoms with van der Waals surface area (Å²) in [5, 5.41) is 12.9. The van der Waals surface area contributed by atoms with Gasteiger partial charge in [0, 0.05) is 6.54 Å². The highest BCUT2D eigenvalue weighted by atomic mass is 32.1. The first-order chi connectivity index (χ1) is 7.51. The van der Waals surface area contributed by atoms with Crippen LogP contribution < -0.4 is 10.1 Å². The van der Waals surface area contributed by atoms with Crippen LogP contribution in [0.15, 0.2) is 0 Å². The van der Waals surface area contributed by atoms with Gasteiger partial charge >= 0.3 is 0 Å². The van der Waals surface area contributed by atoms with Crippen molar-refractivity contribution in [2.24, 2.45) is 5.41 Å². The molecular formula is C11H21N3OS. The van der Waals surface area contributed by atoms with Gasteiger partial charge < -0.3 is 10.1 Å². The zero-order valence-corrected chi connectivity index (χ0v) is 11.4. The minimum absolute atomic E-state index is 0.303. The van der Waals surface area contributed by atoms with Crippen molar-refractivity contribution in [3.8, 4) is 5.19 Å². The van der Waals surface area contributed by atoms with Crippen molar-refractivity contribution in [3.63, 3.8) is 0 Å². The molecule has 1 heterocycles. The summed E-state index contributed by atoms with van der Waals surface area (Å²) in [4.78, 5) is 0. The molecule has 0 aliphatic heterocycles. The van der Waals surface area contributed by atoms with E-state index < -0.39 is 0 Å². The second kappa shape index (κ2) is 6.15. The Morgan fingerprint density at radius 1 is 1.31 bits per heavy atom. The van der Waals surface area contributed by atoms with Crippen LogP contribution in [0.2, 0.25) is 0 Å². The van der Waals surface area contributed by atoms with Crippen LogP contribution in [0.3, 0.4) is 0 Å². The summed E-state index contributed by atoms with van der Waals surface area (Å²) in [5.41, 5.74) is 0.303. The van der Waals surface area contributed by atoms with Gasteiger partial charge in [-0.2, -0.15) is 0 Å². The molecule has 92 valence electrons. The van der Waals surface area contributed by atoms with Gasteiger partial charge in [-0.25, -0.2) is 0 Å². The lowest BCUT2D eigenvalue weighted by Gasteiger charge is -2.16. The molecule has 1 N–H and O–H groups in total. The minimum Gasteiger partial charge on any atom is -0.469 e. The van der Waals surface area contributed by atoms with E-state index in [0.717, 1.165) is 24.5 Å². The summed E-state index contributed by atoms with van der Waals surface area (Å²) in [6.45, 7) is 11.1. The molecule has 0 bridgehead atoms. The molecule has 0 unspecified atom stereocenters. The quantitative estimate of drug-likeness (QED) is 0.833. The summed E-state index contributed by atoms with van der Waals surface area (Å²) in [6, 6.07) is 0. The summed E-state index contributed by atoms with van der Waals surface area (Å²) in [7, 11) is 0. The average molecular weight is 243 g/mol. The van der Waals surface area contributed by atoms with E-state index in [9.17, 15) is 0 Å². The lowest BCUT2D eigenvalue weighted by Crippen LogP contribution is -2.11. The Kier molecular flexibility index (Phi) is 5.15. The first kappa shape index (κ1) is 13.4. The number of aromatic nitrogens is 2. The third kappa shape index (κ3) is 5.42. The maximum atomic E-state index is 5.56. The first-order valence-corrected chi connectivity index (χ1v) is 6.49. The molecule has 0 aliphatic carbocycles. The molecule has 0 fully saturated rings. The van der Waals surface area contributed by atoms with Crippen molar-refractivity contribution in [1.82, 2.24) is 15.5 Å². The highest BCUT2D eigenvalue weighted by molar-refractivity contribution is 7.13. The van der Waals surface area contributed by atoms with Crippen molar-refractivity contribution >= 4 is 11.3 Å². The van der Waals surface area contributed by atoms with Crippen molar-refractivity contribution in [1.29, 1.82) is 0 Å². The van der Waals surface area contributed by atoms with Gasteiger partial charge in [0.1, 0.15) is 5.01 Å². The van der Waals surface area contributed by atoms with E-state index >= 15 is 0 Å². The maximum Gasteiger partial charge on any atom is 0.294 e. The van der Waals surface area contributed by atoms with Gasteiger partial charge in [-0.05, 0) is 18.4 Å². The number of nitrogens with zero attached hydrogens (tertiary/aromatic N) is 2. The van der Waals surface area contributed by atoms with Gasteiger partial charge in [0.15, 0.2) is 0 Å². The predicted molar refractivity (Wildman–Crippen MR) is 66.9 cm³/mol. The Morgan fingerprint density at radius 2 is 2.06 bits per heavy atom. The van der Waals surface area contributed by atoms with Crippen LogP contribution in [0.5, 0.6) is 5.19 Å². The second-order valence-electron chi connectivity index (χ2n) is 4.90. The molecule has 0 aromatic carbocycles. The van der Waals surface area contributed by atoms with Crippen LogP contribution in [0.1, 0.15) is 39.1 Å². The topological polar surface area (TPSA) is 47.0 Å². The van der Waals surface area contributed by atoms with Gasteiger partial charge in [0.2, 0.25) is 0 Å². The third-order valence-electron chi connectivity index (χ3n) is 2.05. The third-order valence-corrected chi connectivity index (χ3v) is 2.89. The van der Waals surface area contributed by atoms with Crippen molar-refractivity contribution in [2.45, 2.75) is 40.7 Å². The van der Waals surface area contributed by atoms with Crippen LogP contribution >= 0.6 is 11.3 Å². The van der Waals surface area contributed by atoms with E-state index in [1.807, 2.05) is 0 Å². The predicted octanol–water partition coefficient (Wildman–Crippen LogP) is 2.46. The molecule has 0 amide bonds. The van der Waals surface area contributed by atoms with E-state index in [0.29, 0.717) is 17.2 Å². The Balaban J connectivity index is 2.29. The fourth-order valence-electron chi connectivity index (χ4n) is 1.04. The lowest BCUT2D eigenvalue weighted by atomic mass is 9.93. The maximum absolute atomic E-state index is 5.56. The molecule has 4 nitrogen and oxygen atoms in total. The molecule has 0 spiro atoms. The molecule has 5 heteroatoms. The molecule has 0 aliphatic rings. The van der Waals surface area contributed by atoms with Crippen LogP contribution in [0, 0.1) is 5.41 Å². The Hall–Kier alpha value is -0.680. The van der Waals surface area contributed by atoms with E-state index in [1.165, 1.54) is 11.3 Å². The molecule has 0 saturated carbocycles. The average Bonchev–Trinajstić information content (AvgIpc) is 2.61. The molecule has 1 aromatic heterocycles. The summed E-state index contributed by atoms with van der Waals surface area (Å²) >= 11 is 1.52. The van der Waals surface area contributed by atoms with Crippen molar-refractivity contribution < 1.29 is 4.74 Å². The number of ether oxygens (including phenoxy) is 1. The SMILES string of the molecule is CCNCc1nnc(OCCC(C)(C)C)s1. The molecule has 0 saturated heterocycles. The van der Waals surface area contributed by atoms with Crippen molar-refractivity contribution in [3.05, 3.63) is 5.01 Å². The molecule has 16 heavy (non-hydrogen) atoms. The molecule has 1 rings (SSSR count). The normalized spacial score (nSPS) is 11.8.